The highest BCUT2D eigenvalue weighted by molar-refractivity contribution is 5.90. The van der Waals surface area contributed by atoms with E-state index < -0.39 is 29.5 Å². The van der Waals surface area contributed by atoms with Gasteiger partial charge in [-0.15, -0.1) is 0 Å². The van der Waals surface area contributed by atoms with Gasteiger partial charge in [-0.05, 0) is 27.2 Å². The Morgan fingerprint density at radius 1 is 1.38 bits per heavy atom. The Morgan fingerprint density at radius 3 is 2.48 bits per heavy atom. The van der Waals surface area contributed by atoms with Crippen LogP contribution in [0.3, 0.4) is 0 Å². The van der Waals surface area contributed by atoms with Crippen LogP contribution in [0.25, 0.3) is 0 Å². The van der Waals surface area contributed by atoms with Gasteiger partial charge in [0.05, 0.1) is 13.0 Å². The van der Waals surface area contributed by atoms with Crippen molar-refractivity contribution in [3.05, 3.63) is 0 Å². The van der Waals surface area contributed by atoms with E-state index in [1.54, 1.807) is 20.8 Å². The molecular weight excluding hydrogens is 274 g/mol. The van der Waals surface area contributed by atoms with Crippen LogP contribution in [-0.4, -0.2) is 48.0 Å². The summed E-state index contributed by atoms with van der Waals surface area (Å²) in [4.78, 5) is 37.4. The molecule has 0 saturated carbocycles. The SMILES string of the molecule is CCCC(C(=O)OC(C)(C)C)N1CC(C(=O)OC)CC1=O. The molecule has 0 aromatic heterocycles. The van der Waals surface area contributed by atoms with Gasteiger partial charge in [0.1, 0.15) is 11.6 Å². The molecule has 21 heavy (non-hydrogen) atoms. The van der Waals surface area contributed by atoms with E-state index in [0.717, 1.165) is 6.42 Å². The molecule has 0 aliphatic carbocycles. The maximum Gasteiger partial charge on any atom is 0.329 e. The van der Waals surface area contributed by atoms with Gasteiger partial charge >= 0.3 is 11.9 Å². The number of carbonyl (C=O) groups is 3. The number of esters is 2. The van der Waals surface area contributed by atoms with E-state index in [4.69, 9.17) is 4.74 Å². The highest BCUT2D eigenvalue weighted by atomic mass is 16.6. The number of methoxy groups -OCH3 is 1. The van der Waals surface area contributed by atoms with Crippen LogP contribution in [0.1, 0.15) is 47.0 Å². The lowest BCUT2D eigenvalue weighted by Crippen LogP contribution is -2.45. The van der Waals surface area contributed by atoms with Crippen LogP contribution in [-0.2, 0) is 23.9 Å². The summed E-state index contributed by atoms with van der Waals surface area (Å²) < 4.78 is 10.1. The molecule has 120 valence electrons. The molecule has 2 atom stereocenters. The van der Waals surface area contributed by atoms with Crippen LogP contribution >= 0.6 is 0 Å². The Balaban J connectivity index is 2.83. The largest absolute Gasteiger partial charge is 0.469 e. The first-order chi connectivity index (χ1) is 9.69. The highest BCUT2D eigenvalue weighted by Gasteiger charge is 2.41. The molecule has 0 spiro atoms. The Labute approximate surface area is 125 Å². The second kappa shape index (κ2) is 6.91. The van der Waals surface area contributed by atoms with Gasteiger partial charge in [0.2, 0.25) is 5.91 Å². The van der Waals surface area contributed by atoms with E-state index in [1.165, 1.54) is 12.0 Å². The minimum Gasteiger partial charge on any atom is -0.469 e. The third kappa shape index (κ3) is 4.72. The zero-order valence-corrected chi connectivity index (χ0v) is 13.5. The van der Waals surface area contributed by atoms with Crippen molar-refractivity contribution in [2.24, 2.45) is 5.92 Å². The van der Waals surface area contributed by atoms with Gasteiger partial charge in [-0.2, -0.15) is 0 Å². The normalized spacial score (nSPS) is 20.3. The van der Waals surface area contributed by atoms with Crippen molar-refractivity contribution >= 4 is 17.8 Å². The topological polar surface area (TPSA) is 72.9 Å². The van der Waals surface area contributed by atoms with Crippen LogP contribution in [0.4, 0.5) is 0 Å². The number of hydrogen-bond acceptors (Lipinski definition) is 5. The Bertz CT molecular complexity index is 413. The Hall–Kier alpha value is -1.59. The third-order valence-corrected chi connectivity index (χ3v) is 3.31. The van der Waals surface area contributed by atoms with Crippen molar-refractivity contribution in [1.29, 1.82) is 0 Å². The summed E-state index contributed by atoms with van der Waals surface area (Å²) >= 11 is 0. The van der Waals surface area contributed by atoms with E-state index in [-0.39, 0.29) is 18.9 Å². The number of ether oxygens (including phenoxy) is 2. The summed E-state index contributed by atoms with van der Waals surface area (Å²) in [6.07, 6.45) is 1.36. The average molecular weight is 299 g/mol. The quantitative estimate of drug-likeness (QED) is 0.720. The maximum absolute atomic E-state index is 12.3. The molecule has 0 radical (unpaired) electrons. The fraction of sp³-hybridized carbons (Fsp3) is 0.800. The summed E-state index contributed by atoms with van der Waals surface area (Å²) in [5.74, 6) is -1.52. The lowest BCUT2D eigenvalue weighted by atomic mass is 10.1. The number of hydrogen-bond donors (Lipinski definition) is 0. The first kappa shape index (κ1) is 17.5. The van der Waals surface area contributed by atoms with E-state index >= 15 is 0 Å². The molecule has 1 amide bonds. The summed E-state index contributed by atoms with van der Waals surface area (Å²) in [5.41, 5.74) is -0.604. The number of likely N-dealkylation sites (tertiary alicyclic amines) is 1. The zero-order chi connectivity index (χ0) is 16.2. The Kier molecular flexibility index (Phi) is 5.75. The molecule has 0 aromatic rings. The van der Waals surface area contributed by atoms with Crippen molar-refractivity contribution in [1.82, 2.24) is 4.90 Å². The van der Waals surface area contributed by atoms with E-state index in [0.29, 0.717) is 6.42 Å². The second-order valence-electron chi connectivity index (χ2n) is 6.31. The number of rotatable bonds is 5. The lowest BCUT2D eigenvalue weighted by molar-refractivity contribution is -0.164. The molecule has 1 saturated heterocycles. The number of amides is 1. The van der Waals surface area contributed by atoms with Crippen LogP contribution in [0, 0.1) is 5.92 Å². The first-order valence-corrected chi connectivity index (χ1v) is 7.29. The minimum absolute atomic E-state index is 0.0929. The first-order valence-electron chi connectivity index (χ1n) is 7.29. The standard InChI is InChI=1S/C15H25NO5/c1-6-7-11(14(19)21-15(2,3)4)16-9-10(8-12(16)17)13(18)20-5/h10-11H,6-9H2,1-5H3. The van der Waals surface area contributed by atoms with Gasteiger partial charge in [-0.3, -0.25) is 9.59 Å². The molecule has 0 N–H and O–H groups in total. The van der Waals surface area contributed by atoms with Gasteiger partial charge < -0.3 is 14.4 Å². The van der Waals surface area contributed by atoms with Crippen LogP contribution in [0.15, 0.2) is 0 Å². The monoisotopic (exact) mass is 299 g/mol. The van der Waals surface area contributed by atoms with Gasteiger partial charge in [0.15, 0.2) is 0 Å². The van der Waals surface area contributed by atoms with Gasteiger partial charge in [-0.1, -0.05) is 13.3 Å². The molecule has 1 aliphatic heterocycles. The predicted octanol–water partition coefficient (Wildman–Crippen LogP) is 1.52. The average Bonchev–Trinajstić information content (AvgIpc) is 2.74. The second-order valence-corrected chi connectivity index (χ2v) is 6.31. The molecule has 2 unspecified atom stereocenters. The summed E-state index contributed by atoms with van der Waals surface area (Å²) in [6.45, 7) is 7.52. The number of carbonyl (C=O) groups excluding carboxylic acids is 3. The Morgan fingerprint density at radius 2 is 2.00 bits per heavy atom. The molecule has 6 heteroatoms. The molecule has 1 aliphatic rings. The smallest absolute Gasteiger partial charge is 0.329 e. The van der Waals surface area contributed by atoms with E-state index in [1.807, 2.05) is 6.92 Å². The van der Waals surface area contributed by atoms with Crippen molar-refractivity contribution in [2.75, 3.05) is 13.7 Å². The van der Waals surface area contributed by atoms with Crippen LogP contribution in [0.5, 0.6) is 0 Å². The summed E-state index contributed by atoms with van der Waals surface area (Å²) in [5, 5.41) is 0. The van der Waals surface area contributed by atoms with Crippen molar-refractivity contribution < 1.29 is 23.9 Å². The van der Waals surface area contributed by atoms with Crippen molar-refractivity contribution in [3.8, 4) is 0 Å². The maximum atomic E-state index is 12.3. The van der Waals surface area contributed by atoms with E-state index in [9.17, 15) is 14.4 Å². The fourth-order valence-electron chi connectivity index (χ4n) is 2.40. The molecule has 1 heterocycles. The fourth-order valence-corrected chi connectivity index (χ4v) is 2.40. The molecule has 6 nitrogen and oxygen atoms in total. The molecule has 1 fully saturated rings. The summed E-state index contributed by atoms with van der Waals surface area (Å²) in [7, 11) is 1.30. The number of nitrogens with zero attached hydrogens (tertiary/aromatic N) is 1. The molecule has 1 rings (SSSR count). The van der Waals surface area contributed by atoms with Crippen molar-refractivity contribution in [2.45, 2.75) is 58.6 Å². The van der Waals surface area contributed by atoms with Crippen LogP contribution in [0.2, 0.25) is 0 Å². The van der Waals surface area contributed by atoms with Gasteiger partial charge in [-0.25, -0.2) is 4.79 Å². The zero-order valence-electron chi connectivity index (χ0n) is 13.5. The van der Waals surface area contributed by atoms with Crippen molar-refractivity contribution in [3.63, 3.8) is 0 Å². The lowest BCUT2D eigenvalue weighted by Gasteiger charge is -2.29. The highest BCUT2D eigenvalue weighted by Crippen LogP contribution is 2.25. The predicted molar refractivity (Wildman–Crippen MR) is 76.4 cm³/mol. The molecule has 0 aromatic carbocycles. The van der Waals surface area contributed by atoms with E-state index in [2.05, 4.69) is 4.74 Å². The van der Waals surface area contributed by atoms with Crippen LogP contribution < -0.4 is 0 Å². The third-order valence-electron chi connectivity index (χ3n) is 3.31. The van der Waals surface area contributed by atoms with Gasteiger partial charge in [0, 0.05) is 13.0 Å². The minimum atomic E-state index is -0.628. The molecule has 0 bridgehead atoms. The van der Waals surface area contributed by atoms with Gasteiger partial charge in [0.25, 0.3) is 0 Å². The summed E-state index contributed by atoms with van der Waals surface area (Å²) in [6, 6.07) is -0.628. The molecular formula is C15H25NO5.